The van der Waals surface area contributed by atoms with Crippen LogP contribution in [-0.4, -0.2) is 29.1 Å². The first kappa shape index (κ1) is 16.4. The van der Waals surface area contributed by atoms with Crippen molar-refractivity contribution < 1.29 is 4.79 Å². The van der Waals surface area contributed by atoms with Gasteiger partial charge in [0.25, 0.3) is 0 Å². The molecule has 1 fully saturated rings. The first-order valence-electron chi connectivity index (χ1n) is 7.35. The molecule has 0 bridgehead atoms. The number of nitrogens with one attached hydrogen (secondary N) is 2. The zero-order valence-corrected chi connectivity index (χ0v) is 13.3. The molecule has 4 heteroatoms. The Morgan fingerprint density at radius 3 is 2.16 bits per heavy atom. The summed E-state index contributed by atoms with van der Waals surface area (Å²) in [6.07, 6.45) is 2.33. The van der Waals surface area contributed by atoms with E-state index in [4.69, 9.17) is 5.73 Å². The lowest BCUT2D eigenvalue weighted by molar-refractivity contribution is -0.122. The van der Waals surface area contributed by atoms with Gasteiger partial charge in [-0.2, -0.15) is 0 Å². The zero-order chi connectivity index (χ0) is 14.8. The molecule has 0 saturated carbocycles. The minimum absolute atomic E-state index is 0.0530. The highest BCUT2D eigenvalue weighted by molar-refractivity contribution is 5.77. The van der Waals surface area contributed by atoms with Crippen molar-refractivity contribution in [2.45, 2.75) is 84.0 Å². The van der Waals surface area contributed by atoms with E-state index in [1.165, 1.54) is 0 Å². The fraction of sp³-hybridized carbons (Fsp3) is 0.933. The molecular weight excluding hydrogens is 238 g/mol. The Morgan fingerprint density at radius 1 is 1.26 bits per heavy atom. The first-order valence-corrected chi connectivity index (χ1v) is 7.35. The van der Waals surface area contributed by atoms with E-state index in [1.807, 2.05) is 0 Å². The van der Waals surface area contributed by atoms with Crippen molar-refractivity contribution in [2.75, 3.05) is 0 Å². The molecule has 0 aromatic heterocycles. The van der Waals surface area contributed by atoms with Crippen LogP contribution in [0.1, 0.15) is 60.8 Å². The van der Waals surface area contributed by atoms with Gasteiger partial charge in [-0.3, -0.25) is 4.79 Å². The van der Waals surface area contributed by atoms with E-state index in [2.05, 4.69) is 52.2 Å². The van der Waals surface area contributed by atoms with E-state index in [1.54, 1.807) is 0 Å². The van der Waals surface area contributed by atoms with Crippen LogP contribution in [0.15, 0.2) is 0 Å². The maximum atomic E-state index is 12.0. The molecule has 4 nitrogen and oxygen atoms in total. The highest BCUT2D eigenvalue weighted by Crippen LogP contribution is 2.28. The monoisotopic (exact) mass is 269 g/mol. The Bertz CT molecular complexity index is 307. The molecule has 1 aliphatic heterocycles. The lowest BCUT2D eigenvalue weighted by Gasteiger charge is -2.46. The van der Waals surface area contributed by atoms with Crippen molar-refractivity contribution in [3.63, 3.8) is 0 Å². The fourth-order valence-electron chi connectivity index (χ4n) is 3.16. The SMILES string of the molecule is CC(C)C(N)CC(=O)NC1CC(C)(C)NC(C)(C)C1. The average molecular weight is 269 g/mol. The van der Waals surface area contributed by atoms with Crippen molar-refractivity contribution >= 4 is 5.91 Å². The molecule has 1 saturated heterocycles. The molecule has 0 spiro atoms. The van der Waals surface area contributed by atoms with Crippen molar-refractivity contribution in [1.82, 2.24) is 10.6 Å². The van der Waals surface area contributed by atoms with Gasteiger partial charge in [0.15, 0.2) is 0 Å². The second-order valence-electron chi connectivity index (χ2n) is 7.68. The number of rotatable bonds is 4. The molecule has 0 aliphatic carbocycles. The second-order valence-corrected chi connectivity index (χ2v) is 7.68. The van der Waals surface area contributed by atoms with Gasteiger partial charge in [0.05, 0.1) is 0 Å². The van der Waals surface area contributed by atoms with Gasteiger partial charge >= 0.3 is 0 Å². The minimum Gasteiger partial charge on any atom is -0.353 e. The number of hydrogen-bond donors (Lipinski definition) is 3. The summed E-state index contributed by atoms with van der Waals surface area (Å²) in [4.78, 5) is 12.0. The summed E-state index contributed by atoms with van der Waals surface area (Å²) in [6, 6.07) is 0.181. The van der Waals surface area contributed by atoms with Crippen LogP contribution in [0.5, 0.6) is 0 Å². The van der Waals surface area contributed by atoms with Crippen LogP contribution >= 0.6 is 0 Å². The Morgan fingerprint density at radius 2 is 1.74 bits per heavy atom. The van der Waals surface area contributed by atoms with Crippen molar-refractivity contribution in [3.8, 4) is 0 Å². The molecule has 4 N–H and O–H groups in total. The van der Waals surface area contributed by atoms with E-state index in [0.29, 0.717) is 12.3 Å². The molecule has 1 amide bonds. The summed E-state index contributed by atoms with van der Waals surface area (Å²) in [5.41, 5.74) is 6.07. The van der Waals surface area contributed by atoms with Crippen molar-refractivity contribution in [2.24, 2.45) is 11.7 Å². The van der Waals surface area contributed by atoms with Gasteiger partial charge < -0.3 is 16.4 Å². The van der Waals surface area contributed by atoms with E-state index in [0.717, 1.165) is 12.8 Å². The third-order valence-corrected chi connectivity index (χ3v) is 3.83. The Kier molecular flexibility index (Phi) is 5.02. The molecule has 1 rings (SSSR count). The predicted octanol–water partition coefficient (Wildman–Crippen LogP) is 1.79. The van der Waals surface area contributed by atoms with E-state index >= 15 is 0 Å². The van der Waals surface area contributed by atoms with Crippen LogP contribution in [0.2, 0.25) is 0 Å². The number of carbonyl (C=O) groups is 1. The molecular formula is C15H31N3O. The van der Waals surface area contributed by atoms with Gasteiger partial charge in [-0.25, -0.2) is 0 Å². The maximum absolute atomic E-state index is 12.0. The quantitative estimate of drug-likeness (QED) is 0.729. The molecule has 0 aromatic rings. The summed E-state index contributed by atoms with van der Waals surface area (Å²) in [6.45, 7) is 12.9. The summed E-state index contributed by atoms with van der Waals surface area (Å²) >= 11 is 0. The third-order valence-electron chi connectivity index (χ3n) is 3.83. The van der Waals surface area contributed by atoms with E-state index in [9.17, 15) is 4.79 Å². The zero-order valence-electron chi connectivity index (χ0n) is 13.3. The fourth-order valence-corrected chi connectivity index (χ4v) is 3.16. The number of carbonyl (C=O) groups excluding carboxylic acids is 1. The molecule has 112 valence electrons. The smallest absolute Gasteiger partial charge is 0.221 e. The third kappa shape index (κ3) is 5.49. The Hall–Kier alpha value is -0.610. The minimum atomic E-state index is -0.0530. The topological polar surface area (TPSA) is 67.2 Å². The van der Waals surface area contributed by atoms with Crippen molar-refractivity contribution in [3.05, 3.63) is 0 Å². The number of hydrogen-bond acceptors (Lipinski definition) is 3. The lowest BCUT2D eigenvalue weighted by atomic mass is 9.79. The van der Waals surface area contributed by atoms with Gasteiger partial charge in [0.1, 0.15) is 0 Å². The van der Waals surface area contributed by atoms with Crippen LogP contribution in [0.4, 0.5) is 0 Å². The van der Waals surface area contributed by atoms with Crippen LogP contribution in [0.3, 0.4) is 0 Å². The van der Waals surface area contributed by atoms with Gasteiger partial charge in [-0.05, 0) is 46.5 Å². The van der Waals surface area contributed by atoms with Gasteiger partial charge in [0, 0.05) is 29.6 Å². The van der Waals surface area contributed by atoms with Crippen LogP contribution in [0.25, 0.3) is 0 Å². The molecule has 1 heterocycles. The molecule has 0 aromatic carbocycles. The van der Waals surface area contributed by atoms with Crippen LogP contribution in [0, 0.1) is 5.92 Å². The second kappa shape index (κ2) is 5.80. The standard InChI is InChI=1S/C15H31N3O/c1-10(2)12(16)7-13(19)17-11-8-14(3,4)18-15(5,6)9-11/h10-12,18H,7-9,16H2,1-6H3,(H,17,19). The Labute approximate surface area is 117 Å². The first-order chi connectivity index (χ1) is 8.51. The highest BCUT2D eigenvalue weighted by atomic mass is 16.1. The summed E-state index contributed by atoms with van der Waals surface area (Å²) in [7, 11) is 0. The van der Waals surface area contributed by atoms with E-state index < -0.39 is 0 Å². The predicted molar refractivity (Wildman–Crippen MR) is 79.9 cm³/mol. The normalized spacial score (nSPS) is 24.2. The largest absolute Gasteiger partial charge is 0.353 e. The van der Waals surface area contributed by atoms with Crippen LogP contribution < -0.4 is 16.4 Å². The summed E-state index contributed by atoms with van der Waals surface area (Å²) < 4.78 is 0. The number of amides is 1. The number of nitrogens with two attached hydrogens (primary N) is 1. The summed E-state index contributed by atoms with van der Waals surface area (Å²) in [5.74, 6) is 0.423. The van der Waals surface area contributed by atoms with Gasteiger partial charge in [-0.15, -0.1) is 0 Å². The summed E-state index contributed by atoms with van der Waals surface area (Å²) in [5, 5.41) is 6.78. The molecule has 0 radical (unpaired) electrons. The molecule has 1 unspecified atom stereocenters. The van der Waals surface area contributed by atoms with Gasteiger partial charge in [0.2, 0.25) is 5.91 Å². The van der Waals surface area contributed by atoms with Gasteiger partial charge in [-0.1, -0.05) is 13.8 Å². The lowest BCUT2D eigenvalue weighted by Crippen LogP contribution is -2.62. The Balaban J connectivity index is 2.54. The average Bonchev–Trinajstić information content (AvgIpc) is 2.10. The highest BCUT2D eigenvalue weighted by Gasteiger charge is 2.38. The molecule has 19 heavy (non-hydrogen) atoms. The van der Waals surface area contributed by atoms with E-state index in [-0.39, 0.29) is 29.1 Å². The number of piperidine rings is 1. The molecule has 1 aliphatic rings. The maximum Gasteiger partial charge on any atom is 0.221 e. The van der Waals surface area contributed by atoms with Crippen LogP contribution in [-0.2, 0) is 4.79 Å². The van der Waals surface area contributed by atoms with Crippen molar-refractivity contribution in [1.29, 1.82) is 0 Å². The molecule has 1 atom stereocenters.